The number of nitrogens with zero attached hydrogens (tertiary/aromatic N) is 4. The first-order valence-corrected chi connectivity index (χ1v) is 10.2. The Balaban J connectivity index is 1.39. The number of benzene rings is 1. The van der Waals surface area contributed by atoms with Crippen LogP contribution in [-0.4, -0.2) is 51.4 Å². The highest BCUT2D eigenvalue weighted by Crippen LogP contribution is 2.22. The maximum absolute atomic E-state index is 11.3. The third-order valence-corrected chi connectivity index (χ3v) is 5.43. The van der Waals surface area contributed by atoms with Crippen molar-refractivity contribution in [1.82, 2.24) is 19.9 Å². The van der Waals surface area contributed by atoms with Gasteiger partial charge in [-0.15, -0.1) is 0 Å². The summed E-state index contributed by atoms with van der Waals surface area (Å²) < 4.78 is 5.85. The maximum atomic E-state index is 11.3. The highest BCUT2D eigenvalue weighted by atomic mass is 16.5. The first-order chi connectivity index (χ1) is 14.6. The summed E-state index contributed by atoms with van der Waals surface area (Å²) in [5, 5.41) is 4.28. The van der Waals surface area contributed by atoms with Crippen molar-refractivity contribution in [3.8, 4) is 5.75 Å². The first kappa shape index (κ1) is 20.0. The third-order valence-electron chi connectivity index (χ3n) is 5.43. The lowest BCUT2D eigenvalue weighted by atomic mass is 10.2. The highest BCUT2D eigenvalue weighted by molar-refractivity contribution is 5.90. The van der Waals surface area contributed by atoms with E-state index in [9.17, 15) is 4.79 Å². The van der Waals surface area contributed by atoms with Gasteiger partial charge in [-0.2, -0.15) is 0 Å². The second kappa shape index (κ2) is 9.04. The Labute approximate surface area is 175 Å². The maximum Gasteiger partial charge on any atom is 0.267 e. The Morgan fingerprint density at radius 2 is 2.20 bits per heavy atom. The normalized spacial score (nSPS) is 16.6. The number of nitrogens with two attached hydrogens (primary N) is 1. The fraction of sp³-hybridized carbons (Fsp3) is 0.364. The lowest BCUT2D eigenvalue weighted by molar-refractivity contribution is 0.0995. The number of likely N-dealkylation sites (tertiary alicyclic amines) is 1. The number of pyridine rings is 1. The Kier molecular flexibility index (Phi) is 6.04. The predicted molar refractivity (Wildman–Crippen MR) is 115 cm³/mol. The number of hydrogen-bond acceptors (Lipinski definition) is 7. The van der Waals surface area contributed by atoms with Gasteiger partial charge in [0.2, 0.25) is 5.95 Å². The van der Waals surface area contributed by atoms with Crippen LogP contribution in [0.25, 0.3) is 10.9 Å². The molecule has 0 bridgehead atoms. The van der Waals surface area contributed by atoms with Crippen LogP contribution < -0.4 is 15.8 Å². The summed E-state index contributed by atoms with van der Waals surface area (Å²) in [4.78, 5) is 26.8. The number of fused-ring (bicyclic) bond motifs is 1. The molecule has 8 nitrogen and oxygen atoms in total. The van der Waals surface area contributed by atoms with Crippen molar-refractivity contribution in [1.29, 1.82) is 0 Å². The number of likely N-dealkylation sites (N-methyl/N-ethyl adjacent to an activating group) is 1. The van der Waals surface area contributed by atoms with Crippen LogP contribution in [0.3, 0.4) is 0 Å². The molecule has 0 radical (unpaired) electrons. The zero-order valence-corrected chi connectivity index (χ0v) is 17.0. The van der Waals surface area contributed by atoms with E-state index in [2.05, 4.69) is 32.1 Å². The summed E-state index contributed by atoms with van der Waals surface area (Å²) in [6.07, 6.45) is 5.83. The number of anilines is 1. The van der Waals surface area contributed by atoms with Crippen LogP contribution in [0.2, 0.25) is 0 Å². The lowest BCUT2D eigenvalue weighted by Crippen LogP contribution is -2.34. The molecule has 8 heteroatoms. The van der Waals surface area contributed by atoms with E-state index >= 15 is 0 Å². The van der Waals surface area contributed by atoms with Crippen molar-refractivity contribution < 1.29 is 9.53 Å². The number of carbonyl (C=O) groups excluding carboxylic acids is 1. The summed E-state index contributed by atoms with van der Waals surface area (Å²) in [7, 11) is 0. The second-order valence-electron chi connectivity index (χ2n) is 7.42. The highest BCUT2D eigenvalue weighted by Gasteiger charge is 2.22. The van der Waals surface area contributed by atoms with Crippen LogP contribution in [0.1, 0.15) is 35.8 Å². The largest absolute Gasteiger partial charge is 0.489 e. The summed E-state index contributed by atoms with van der Waals surface area (Å²) in [6, 6.07) is 9.68. The molecule has 30 heavy (non-hydrogen) atoms. The van der Waals surface area contributed by atoms with Crippen LogP contribution >= 0.6 is 0 Å². The molecule has 1 fully saturated rings. The second-order valence-corrected chi connectivity index (χ2v) is 7.42. The first-order valence-electron chi connectivity index (χ1n) is 10.2. The van der Waals surface area contributed by atoms with Gasteiger partial charge in [-0.1, -0.05) is 6.92 Å². The van der Waals surface area contributed by atoms with E-state index in [0.29, 0.717) is 24.3 Å². The Hall–Kier alpha value is -3.26. The van der Waals surface area contributed by atoms with Crippen molar-refractivity contribution in [2.75, 3.05) is 25.0 Å². The molecule has 3 N–H and O–H groups in total. The summed E-state index contributed by atoms with van der Waals surface area (Å²) in [5.41, 5.74) is 7.18. The van der Waals surface area contributed by atoms with Crippen molar-refractivity contribution in [2.45, 2.75) is 32.4 Å². The molecule has 3 aromatic rings. The molecule has 4 rings (SSSR count). The van der Waals surface area contributed by atoms with Crippen molar-refractivity contribution in [3.63, 3.8) is 0 Å². The molecule has 0 aliphatic carbocycles. The molecular weight excluding hydrogens is 380 g/mol. The number of amides is 1. The quantitative estimate of drug-likeness (QED) is 0.592. The number of nitrogens with one attached hydrogen (secondary N) is 1. The molecule has 1 atom stereocenters. The number of rotatable bonds is 8. The lowest BCUT2D eigenvalue weighted by Gasteiger charge is -2.22. The standard InChI is InChI=1S/C22H26N6O2/c1-2-28-9-3-4-17(28)13-26-22-25-12-16-11-18(5-6-19(16)27-22)30-14-15-7-8-24-20(10-15)21(23)29/h5-8,10-12,17H,2-4,9,13-14H2,1H3,(H2,23,29)(H,25,26,27). The zero-order chi connectivity index (χ0) is 20.9. The molecule has 1 aromatic carbocycles. The van der Waals surface area contributed by atoms with Gasteiger partial charge in [-0.3, -0.25) is 14.7 Å². The number of carbonyl (C=O) groups is 1. The van der Waals surface area contributed by atoms with Gasteiger partial charge in [-0.25, -0.2) is 9.97 Å². The minimum atomic E-state index is -0.556. The molecule has 0 saturated carbocycles. The van der Waals surface area contributed by atoms with Gasteiger partial charge in [0.25, 0.3) is 5.91 Å². The van der Waals surface area contributed by atoms with Crippen LogP contribution in [0.5, 0.6) is 5.75 Å². The fourth-order valence-corrected chi connectivity index (χ4v) is 3.80. The SMILES string of the molecule is CCN1CCCC1CNc1ncc2cc(OCc3ccnc(C(N)=O)c3)ccc2n1. The van der Waals surface area contributed by atoms with Crippen LogP contribution in [0.4, 0.5) is 5.95 Å². The van der Waals surface area contributed by atoms with Gasteiger partial charge in [0.1, 0.15) is 18.1 Å². The molecule has 156 valence electrons. The number of primary amides is 1. The topological polar surface area (TPSA) is 106 Å². The number of aromatic nitrogens is 3. The van der Waals surface area contributed by atoms with Gasteiger partial charge < -0.3 is 15.8 Å². The van der Waals surface area contributed by atoms with Gasteiger partial charge in [-0.05, 0) is 61.8 Å². The van der Waals surface area contributed by atoms with Gasteiger partial charge >= 0.3 is 0 Å². The molecule has 0 spiro atoms. The molecule has 1 amide bonds. The van der Waals surface area contributed by atoms with E-state index in [1.54, 1.807) is 24.5 Å². The van der Waals surface area contributed by atoms with Gasteiger partial charge in [0.15, 0.2) is 0 Å². The van der Waals surface area contributed by atoms with Gasteiger partial charge in [0.05, 0.1) is 5.52 Å². The molecule has 1 aliphatic heterocycles. The van der Waals surface area contributed by atoms with Crippen molar-refractivity contribution in [2.24, 2.45) is 5.73 Å². The molecule has 1 aliphatic rings. The molecule has 2 aromatic heterocycles. The van der Waals surface area contributed by atoms with Crippen molar-refractivity contribution >= 4 is 22.8 Å². The Bertz CT molecular complexity index is 1040. The van der Waals surface area contributed by atoms with Crippen molar-refractivity contribution in [3.05, 3.63) is 54.0 Å². The van der Waals surface area contributed by atoms with E-state index in [1.165, 1.54) is 19.4 Å². The third kappa shape index (κ3) is 4.65. The predicted octanol–water partition coefficient (Wildman–Crippen LogP) is 2.60. The molecule has 1 saturated heterocycles. The Morgan fingerprint density at radius 3 is 3.03 bits per heavy atom. The molecular formula is C22H26N6O2. The van der Waals surface area contributed by atoms with Crippen LogP contribution in [0, 0.1) is 0 Å². The monoisotopic (exact) mass is 406 g/mol. The van der Waals surface area contributed by atoms with Crippen LogP contribution in [-0.2, 0) is 6.61 Å². The van der Waals surface area contributed by atoms with E-state index in [4.69, 9.17) is 10.5 Å². The average Bonchev–Trinajstić information content (AvgIpc) is 3.24. The Morgan fingerprint density at radius 1 is 1.30 bits per heavy atom. The van der Waals surface area contributed by atoms with Gasteiger partial charge in [0, 0.05) is 30.4 Å². The zero-order valence-electron chi connectivity index (χ0n) is 17.0. The summed E-state index contributed by atoms with van der Waals surface area (Å²) in [6.45, 7) is 5.63. The molecule has 3 heterocycles. The molecule has 1 unspecified atom stereocenters. The average molecular weight is 406 g/mol. The minimum Gasteiger partial charge on any atom is -0.489 e. The number of hydrogen-bond donors (Lipinski definition) is 2. The summed E-state index contributed by atoms with van der Waals surface area (Å²) in [5.74, 6) is 0.795. The summed E-state index contributed by atoms with van der Waals surface area (Å²) >= 11 is 0. The minimum absolute atomic E-state index is 0.225. The number of ether oxygens (including phenoxy) is 1. The van der Waals surface area contributed by atoms with E-state index in [-0.39, 0.29) is 5.69 Å². The van der Waals surface area contributed by atoms with E-state index in [1.807, 2.05) is 18.2 Å². The van der Waals surface area contributed by atoms with Crippen LogP contribution in [0.15, 0.2) is 42.7 Å². The van der Waals surface area contributed by atoms with E-state index in [0.717, 1.165) is 29.6 Å². The smallest absolute Gasteiger partial charge is 0.267 e. The van der Waals surface area contributed by atoms with E-state index < -0.39 is 5.91 Å². The fourth-order valence-electron chi connectivity index (χ4n) is 3.80.